The zero-order chi connectivity index (χ0) is 16.9. The quantitative estimate of drug-likeness (QED) is 0.840. The van der Waals surface area contributed by atoms with E-state index in [1.807, 2.05) is 13.0 Å². The van der Waals surface area contributed by atoms with Crippen molar-refractivity contribution in [1.29, 1.82) is 5.26 Å². The zero-order valence-electron chi connectivity index (χ0n) is 12.8. The summed E-state index contributed by atoms with van der Waals surface area (Å²) >= 11 is 6.24. The van der Waals surface area contributed by atoms with Crippen LogP contribution < -0.4 is 4.90 Å². The van der Waals surface area contributed by atoms with Gasteiger partial charge in [-0.15, -0.1) is 0 Å². The third-order valence-electron chi connectivity index (χ3n) is 4.83. The van der Waals surface area contributed by atoms with Crippen LogP contribution in [0.25, 0.3) is 0 Å². The molecule has 3 rings (SSSR count). The minimum atomic E-state index is -1.23. The van der Waals surface area contributed by atoms with E-state index in [0.717, 1.165) is 4.90 Å². The first-order chi connectivity index (χ1) is 10.9. The summed E-state index contributed by atoms with van der Waals surface area (Å²) in [5, 5.41) is 19.5. The lowest BCUT2D eigenvalue weighted by Gasteiger charge is -2.26. The Morgan fingerprint density at radius 3 is 2.74 bits per heavy atom. The van der Waals surface area contributed by atoms with E-state index in [-0.39, 0.29) is 5.02 Å². The van der Waals surface area contributed by atoms with Gasteiger partial charge in [0.25, 0.3) is 5.91 Å². The number of hydrogen-bond acceptors (Lipinski definition) is 4. The van der Waals surface area contributed by atoms with E-state index in [0.29, 0.717) is 36.2 Å². The summed E-state index contributed by atoms with van der Waals surface area (Å²) in [6.45, 7) is 3.76. The average Bonchev–Trinajstić information content (AvgIpc) is 2.93. The Morgan fingerprint density at radius 1 is 1.48 bits per heavy atom. The third kappa shape index (κ3) is 1.90. The molecule has 2 saturated heterocycles. The molecule has 1 aromatic rings. The number of aliphatic hydroxyl groups excluding tert-OH is 1. The second-order valence-corrected chi connectivity index (χ2v) is 6.29. The molecule has 2 atom stereocenters. The van der Waals surface area contributed by atoms with E-state index in [4.69, 9.17) is 16.9 Å². The molecule has 3 amide bonds. The normalized spacial score (nSPS) is 26.7. The first-order valence-corrected chi connectivity index (χ1v) is 7.81. The van der Waals surface area contributed by atoms with Crippen LogP contribution in [0.4, 0.5) is 10.5 Å². The van der Waals surface area contributed by atoms with Crippen LogP contribution in [0.5, 0.6) is 0 Å². The van der Waals surface area contributed by atoms with Crippen molar-refractivity contribution >= 4 is 29.2 Å². The highest BCUT2D eigenvalue weighted by Gasteiger charge is 2.61. The summed E-state index contributed by atoms with van der Waals surface area (Å²) in [6.07, 6.45) is -0.0285. The van der Waals surface area contributed by atoms with Gasteiger partial charge in [0.15, 0.2) is 0 Å². The largest absolute Gasteiger partial charge is 0.390 e. The Labute approximate surface area is 138 Å². The minimum Gasteiger partial charge on any atom is -0.390 e. The number of imide groups is 1. The van der Waals surface area contributed by atoms with Gasteiger partial charge in [-0.25, -0.2) is 9.69 Å². The van der Waals surface area contributed by atoms with E-state index >= 15 is 0 Å². The summed E-state index contributed by atoms with van der Waals surface area (Å²) in [6, 6.07) is 4.61. The van der Waals surface area contributed by atoms with Crippen LogP contribution in [0.3, 0.4) is 0 Å². The smallest absolute Gasteiger partial charge is 0.332 e. The van der Waals surface area contributed by atoms with Gasteiger partial charge in [-0.1, -0.05) is 18.5 Å². The molecule has 2 heterocycles. The van der Waals surface area contributed by atoms with Crippen LogP contribution in [-0.2, 0) is 11.2 Å². The molecule has 0 radical (unpaired) electrons. The van der Waals surface area contributed by atoms with Crippen molar-refractivity contribution in [2.75, 3.05) is 11.4 Å². The molecule has 2 aliphatic rings. The lowest BCUT2D eigenvalue weighted by atomic mass is 9.95. The van der Waals surface area contributed by atoms with Crippen LogP contribution >= 0.6 is 11.6 Å². The fraction of sp³-hybridized carbons (Fsp3) is 0.438. The number of rotatable bonds is 2. The fourth-order valence-corrected chi connectivity index (χ4v) is 3.72. The molecule has 0 aliphatic carbocycles. The highest BCUT2D eigenvalue weighted by Crippen LogP contribution is 2.42. The molecular formula is C16H16ClN3O3. The maximum atomic E-state index is 12.9. The second-order valence-electron chi connectivity index (χ2n) is 5.92. The number of carbonyl (C=O) groups excluding carboxylic acids is 2. The van der Waals surface area contributed by atoms with Crippen molar-refractivity contribution in [3.8, 4) is 6.07 Å². The van der Waals surface area contributed by atoms with E-state index in [1.54, 1.807) is 13.0 Å². The van der Waals surface area contributed by atoms with E-state index in [2.05, 4.69) is 0 Å². The summed E-state index contributed by atoms with van der Waals surface area (Å²) in [5.74, 6) is -0.456. The van der Waals surface area contributed by atoms with Crippen molar-refractivity contribution in [3.63, 3.8) is 0 Å². The second kappa shape index (κ2) is 5.22. The maximum Gasteiger partial charge on any atom is 0.332 e. The molecular weight excluding hydrogens is 318 g/mol. The van der Waals surface area contributed by atoms with Crippen molar-refractivity contribution in [3.05, 3.63) is 28.3 Å². The molecule has 120 valence electrons. The molecule has 2 fully saturated rings. The molecule has 23 heavy (non-hydrogen) atoms. The molecule has 7 heteroatoms. The number of carbonyl (C=O) groups is 2. The van der Waals surface area contributed by atoms with Crippen LogP contribution in [0.2, 0.25) is 5.02 Å². The van der Waals surface area contributed by atoms with Crippen LogP contribution in [0, 0.1) is 11.3 Å². The molecule has 0 saturated carbocycles. The van der Waals surface area contributed by atoms with Gasteiger partial charge in [-0.05, 0) is 37.5 Å². The molecule has 0 unspecified atom stereocenters. The standard InChI is InChI=1S/C16H16ClN3O3/c1-3-10-11(5-4-9(8-18)13(10)17)20-14(22)16(2)12(21)6-7-19(16)15(20)23/h4-5,12,21H,3,6-7H2,1-2H3/t12-,16+/m1/s1. The lowest BCUT2D eigenvalue weighted by Crippen LogP contribution is -2.49. The number of anilines is 1. The minimum absolute atomic E-state index is 0.255. The highest BCUT2D eigenvalue weighted by molar-refractivity contribution is 6.33. The molecule has 0 bridgehead atoms. The molecule has 6 nitrogen and oxygen atoms in total. The van der Waals surface area contributed by atoms with E-state index in [1.165, 1.54) is 11.0 Å². The van der Waals surface area contributed by atoms with Gasteiger partial charge in [-0.2, -0.15) is 5.26 Å². The number of nitriles is 1. The lowest BCUT2D eigenvalue weighted by molar-refractivity contribution is -0.126. The van der Waals surface area contributed by atoms with Crippen molar-refractivity contribution in [1.82, 2.24) is 4.90 Å². The number of hydrogen-bond donors (Lipinski definition) is 1. The van der Waals surface area contributed by atoms with E-state index < -0.39 is 23.6 Å². The number of benzene rings is 1. The number of aliphatic hydroxyl groups is 1. The number of urea groups is 1. The Kier molecular flexibility index (Phi) is 3.58. The molecule has 2 aliphatic heterocycles. The van der Waals surface area contributed by atoms with Crippen LogP contribution in [0.1, 0.15) is 31.4 Å². The summed E-state index contributed by atoms with van der Waals surface area (Å²) in [7, 11) is 0. The Morgan fingerprint density at radius 2 is 2.17 bits per heavy atom. The van der Waals surface area contributed by atoms with E-state index in [9.17, 15) is 14.7 Å². The van der Waals surface area contributed by atoms with Gasteiger partial charge in [-0.3, -0.25) is 4.79 Å². The topological polar surface area (TPSA) is 84.6 Å². The maximum absolute atomic E-state index is 12.9. The Balaban J connectivity index is 2.14. The van der Waals surface area contributed by atoms with Gasteiger partial charge in [0.1, 0.15) is 11.6 Å². The van der Waals surface area contributed by atoms with Gasteiger partial charge in [0, 0.05) is 6.54 Å². The Bertz CT molecular complexity index is 758. The number of amides is 3. The van der Waals surface area contributed by atoms with Crippen molar-refractivity contribution in [2.45, 2.75) is 38.3 Å². The van der Waals surface area contributed by atoms with Crippen LogP contribution in [-0.4, -0.2) is 40.1 Å². The molecule has 0 spiro atoms. The zero-order valence-corrected chi connectivity index (χ0v) is 13.6. The monoisotopic (exact) mass is 333 g/mol. The van der Waals surface area contributed by atoms with Crippen molar-refractivity contribution in [2.24, 2.45) is 0 Å². The van der Waals surface area contributed by atoms with Crippen molar-refractivity contribution < 1.29 is 14.7 Å². The summed E-state index contributed by atoms with van der Waals surface area (Å²) in [4.78, 5) is 28.0. The number of fused-ring (bicyclic) bond motifs is 1. The van der Waals surface area contributed by atoms with Gasteiger partial charge in [0.05, 0.1) is 22.4 Å². The SMILES string of the molecule is CCc1c(N2C(=O)N3CC[C@@H](O)[C@@]3(C)C2=O)ccc(C#N)c1Cl. The highest BCUT2D eigenvalue weighted by atomic mass is 35.5. The van der Waals surface area contributed by atoms with Gasteiger partial charge < -0.3 is 10.0 Å². The number of halogens is 1. The molecule has 0 aromatic heterocycles. The molecule has 1 N–H and O–H groups in total. The fourth-order valence-electron chi connectivity index (χ4n) is 3.39. The first kappa shape index (κ1) is 15.8. The Hall–Kier alpha value is -2.10. The predicted molar refractivity (Wildman–Crippen MR) is 84.2 cm³/mol. The van der Waals surface area contributed by atoms with Gasteiger partial charge in [0.2, 0.25) is 0 Å². The number of nitrogens with zero attached hydrogens (tertiary/aromatic N) is 3. The third-order valence-corrected chi connectivity index (χ3v) is 5.26. The first-order valence-electron chi connectivity index (χ1n) is 7.43. The summed E-state index contributed by atoms with van der Waals surface area (Å²) in [5.41, 5.74) is 0.0294. The average molecular weight is 334 g/mol. The predicted octanol–water partition coefficient (Wildman–Crippen LogP) is 2.07. The van der Waals surface area contributed by atoms with Gasteiger partial charge >= 0.3 is 6.03 Å². The molecule has 1 aromatic carbocycles. The van der Waals surface area contributed by atoms with Crippen LogP contribution in [0.15, 0.2) is 12.1 Å². The summed E-state index contributed by atoms with van der Waals surface area (Å²) < 4.78 is 0.